The first-order chi connectivity index (χ1) is 9.61. The Morgan fingerprint density at radius 1 is 1.40 bits per heavy atom. The molecule has 1 atom stereocenters. The van der Waals surface area contributed by atoms with E-state index in [9.17, 15) is 4.79 Å². The van der Waals surface area contributed by atoms with Gasteiger partial charge in [-0.2, -0.15) is 0 Å². The molecular formula is C15H19N3OS. The smallest absolute Gasteiger partial charge is 0.248 e. The Kier molecular flexibility index (Phi) is 4.63. The summed E-state index contributed by atoms with van der Waals surface area (Å²) in [5.41, 5.74) is 13.0. The van der Waals surface area contributed by atoms with Gasteiger partial charge in [-0.05, 0) is 36.1 Å². The highest BCUT2D eigenvalue weighted by atomic mass is 32.1. The standard InChI is InChI=1S/C15H19N3OS/c1-2-4-13(14-5-3-8-20-14)18-12-7-6-10(15(17)19)9-11(12)16/h3,5-9,13,18H,2,4,16H2,1H3,(H2,17,19). The third-order valence-electron chi connectivity index (χ3n) is 3.13. The molecule has 4 nitrogen and oxygen atoms in total. The van der Waals surface area contributed by atoms with Crippen molar-refractivity contribution < 1.29 is 4.79 Å². The highest BCUT2D eigenvalue weighted by Crippen LogP contribution is 2.30. The normalized spacial score (nSPS) is 12.1. The largest absolute Gasteiger partial charge is 0.397 e. The van der Waals surface area contributed by atoms with Gasteiger partial charge in [0.15, 0.2) is 0 Å². The average Bonchev–Trinajstić information content (AvgIpc) is 2.94. The first kappa shape index (κ1) is 14.4. The Balaban J connectivity index is 2.21. The zero-order chi connectivity index (χ0) is 14.5. The number of hydrogen-bond donors (Lipinski definition) is 3. The fourth-order valence-electron chi connectivity index (χ4n) is 2.10. The molecule has 0 aliphatic rings. The Morgan fingerprint density at radius 3 is 2.75 bits per heavy atom. The molecule has 1 heterocycles. The molecule has 2 rings (SSSR count). The molecule has 5 N–H and O–H groups in total. The molecule has 0 saturated carbocycles. The predicted molar refractivity (Wildman–Crippen MR) is 85.0 cm³/mol. The molecule has 0 saturated heterocycles. The van der Waals surface area contributed by atoms with Crippen molar-refractivity contribution >= 4 is 28.6 Å². The Morgan fingerprint density at radius 2 is 2.20 bits per heavy atom. The zero-order valence-electron chi connectivity index (χ0n) is 11.4. The van der Waals surface area contributed by atoms with Crippen molar-refractivity contribution in [2.75, 3.05) is 11.1 Å². The number of benzene rings is 1. The van der Waals surface area contributed by atoms with E-state index in [1.807, 2.05) is 12.1 Å². The van der Waals surface area contributed by atoms with Crippen LogP contribution in [0.5, 0.6) is 0 Å². The Labute approximate surface area is 122 Å². The van der Waals surface area contributed by atoms with Gasteiger partial charge < -0.3 is 16.8 Å². The fraction of sp³-hybridized carbons (Fsp3) is 0.267. The molecule has 1 aromatic heterocycles. The molecule has 0 aliphatic carbocycles. The number of amides is 1. The van der Waals surface area contributed by atoms with Crippen LogP contribution in [0.1, 0.15) is 41.0 Å². The second-order valence-electron chi connectivity index (χ2n) is 4.67. The molecule has 0 bridgehead atoms. The first-order valence-corrected chi connectivity index (χ1v) is 7.49. The monoisotopic (exact) mass is 289 g/mol. The van der Waals surface area contributed by atoms with Gasteiger partial charge in [-0.25, -0.2) is 0 Å². The predicted octanol–water partition coefficient (Wildman–Crippen LogP) is 3.38. The molecule has 1 unspecified atom stereocenters. The van der Waals surface area contributed by atoms with E-state index in [1.165, 1.54) is 4.88 Å². The van der Waals surface area contributed by atoms with Crippen molar-refractivity contribution in [2.45, 2.75) is 25.8 Å². The van der Waals surface area contributed by atoms with Crippen LogP contribution in [0.15, 0.2) is 35.7 Å². The minimum absolute atomic E-state index is 0.238. The van der Waals surface area contributed by atoms with E-state index in [4.69, 9.17) is 11.5 Å². The summed E-state index contributed by atoms with van der Waals surface area (Å²) in [5.74, 6) is -0.466. The van der Waals surface area contributed by atoms with E-state index in [0.717, 1.165) is 18.5 Å². The number of nitrogens with two attached hydrogens (primary N) is 2. The summed E-state index contributed by atoms with van der Waals surface area (Å²) in [7, 11) is 0. The molecule has 106 valence electrons. The van der Waals surface area contributed by atoms with Gasteiger partial charge in [-0.3, -0.25) is 4.79 Å². The van der Waals surface area contributed by atoms with Crippen LogP contribution in [0.4, 0.5) is 11.4 Å². The number of primary amides is 1. The van der Waals surface area contributed by atoms with Gasteiger partial charge in [0.1, 0.15) is 0 Å². The van der Waals surface area contributed by atoms with Gasteiger partial charge in [0.05, 0.1) is 17.4 Å². The van der Waals surface area contributed by atoms with E-state index in [-0.39, 0.29) is 6.04 Å². The van der Waals surface area contributed by atoms with Gasteiger partial charge >= 0.3 is 0 Å². The highest BCUT2D eigenvalue weighted by molar-refractivity contribution is 7.10. The van der Waals surface area contributed by atoms with Crippen molar-refractivity contribution in [3.05, 3.63) is 46.2 Å². The molecular weight excluding hydrogens is 270 g/mol. The van der Waals surface area contributed by atoms with Gasteiger partial charge in [-0.1, -0.05) is 19.4 Å². The molecule has 0 spiro atoms. The van der Waals surface area contributed by atoms with Gasteiger partial charge in [0.2, 0.25) is 5.91 Å². The average molecular weight is 289 g/mol. The lowest BCUT2D eigenvalue weighted by atomic mass is 10.1. The maximum Gasteiger partial charge on any atom is 0.248 e. The molecule has 1 aromatic carbocycles. The van der Waals surface area contributed by atoms with Crippen molar-refractivity contribution in [3.63, 3.8) is 0 Å². The van der Waals surface area contributed by atoms with Crippen molar-refractivity contribution in [1.82, 2.24) is 0 Å². The van der Waals surface area contributed by atoms with Gasteiger partial charge in [0, 0.05) is 10.4 Å². The van der Waals surface area contributed by atoms with Crippen LogP contribution in [-0.2, 0) is 0 Å². The molecule has 1 amide bonds. The van der Waals surface area contributed by atoms with Crippen LogP contribution >= 0.6 is 11.3 Å². The Bertz CT molecular complexity index is 581. The zero-order valence-corrected chi connectivity index (χ0v) is 12.2. The minimum Gasteiger partial charge on any atom is -0.397 e. The third-order valence-corrected chi connectivity index (χ3v) is 4.12. The van der Waals surface area contributed by atoms with E-state index in [2.05, 4.69) is 23.7 Å². The van der Waals surface area contributed by atoms with E-state index in [0.29, 0.717) is 11.3 Å². The van der Waals surface area contributed by atoms with E-state index >= 15 is 0 Å². The lowest BCUT2D eigenvalue weighted by molar-refractivity contribution is 0.100. The number of carbonyl (C=O) groups excluding carboxylic acids is 1. The van der Waals surface area contributed by atoms with Crippen LogP contribution in [0, 0.1) is 0 Å². The summed E-state index contributed by atoms with van der Waals surface area (Å²) < 4.78 is 0. The number of anilines is 2. The lowest BCUT2D eigenvalue weighted by Crippen LogP contribution is -2.13. The van der Waals surface area contributed by atoms with Gasteiger partial charge in [-0.15, -0.1) is 11.3 Å². The van der Waals surface area contributed by atoms with Crippen molar-refractivity contribution in [3.8, 4) is 0 Å². The second kappa shape index (κ2) is 6.43. The molecule has 2 aromatic rings. The first-order valence-electron chi connectivity index (χ1n) is 6.61. The quantitative estimate of drug-likeness (QED) is 0.713. The molecule has 0 aliphatic heterocycles. The van der Waals surface area contributed by atoms with E-state index < -0.39 is 5.91 Å². The summed E-state index contributed by atoms with van der Waals surface area (Å²) in [6.07, 6.45) is 2.10. The summed E-state index contributed by atoms with van der Waals surface area (Å²) in [5, 5.41) is 5.52. The minimum atomic E-state index is -0.466. The van der Waals surface area contributed by atoms with Gasteiger partial charge in [0.25, 0.3) is 0 Å². The Hall–Kier alpha value is -2.01. The third kappa shape index (κ3) is 3.30. The maximum atomic E-state index is 11.1. The number of hydrogen-bond acceptors (Lipinski definition) is 4. The molecule has 0 fully saturated rings. The SMILES string of the molecule is CCCC(Nc1ccc(C(N)=O)cc1N)c1cccs1. The summed E-state index contributed by atoms with van der Waals surface area (Å²) >= 11 is 1.73. The van der Waals surface area contributed by atoms with Crippen LogP contribution in [-0.4, -0.2) is 5.91 Å². The highest BCUT2D eigenvalue weighted by Gasteiger charge is 2.13. The van der Waals surface area contributed by atoms with Crippen LogP contribution < -0.4 is 16.8 Å². The number of nitrogen functional groups attached to an aromatic ring is 1. The topological polar surface area (TPSA) is 81.1 Å². The molecule has 20 heavy (non-hydrogen) atoms. The summed E-state index contributed by atoms with van der Waals surface area (Å²) in [4.78, 5) is 12.4. The molecule has 0 radical (unpaired) electrons. The van der Waals surface area contributed by atoms with Crippen LogP contribution in [0.3, 0.4) is 0 Å². The lowest BCUT2D eigenvalue weighted by Gasteiger charge is -2.19. The number of carbonyl (C=O) groups is 1. The molecule has 5 heteroatoms. The number of thiophene rings is 1. The summed E-state index contributed by atoms with van der Waals surface area (Å²) in [6.45, 7) is 2.15. The second-order valence-corrected chi connectivity index (χ2v) is 5.65. The maximum absolute atomic E-state index is 11.1. The van der Waals surface area contributed by atoms with Crippen LogP contribution in [0.25, 0.3) is 0 Å². The van der Waals surface area contributed by atoms with Crippen molar-refractivity contribution in [1.29, 1.82) is 0 Å². The van der Waals surface area contributed by atoms with Crippen LogP contribution in [0.2, 0.25) is 0 Å². The number of nitrogens with one attached hydrogen (secondary N) is 1. The summed E-state index contributed by atoms with van der Waals surface area (Å²) in [6, 6.07) is 9.52. The van der Waals surface area contributed by atoms with Crippen molar-refractivity contribution in [2.24, 2.45) is 5.73 Å². The van der Waals surface area contributed by atoms with E-state index in [1.54, 1.807) is 23.5 Å². The number of rotatable bonds is 6. The fourth-order valence-corrected chi connectivity index (χ4v) is 2.91.